The molecule has 0 saturated carbocycles. The highest BCUT2D eigenvalue weighted by Crippen LogP contribution is 2.28. The Hall–Kier alpha value is -2.51. The molecule has 0 aromatic heterocycles. The van der Waals surface area contributed by atoms with Crippen LogP contribution in [-0.2, 0) is 4.74 Å². The van der Waals surface area contributed by atoms with Crippen molar-refractivity contribution >= 4 is 17.5 Å². The fraction of sp³-hybridized carbons (Fsp3) is 0.500. The smallest absolute Gasteiger partial charge is 0.414 e. The summed E-state index contributed by atoms with van der Waals surface area (Å²) in [5, 5.41) is 6.62. The zero-order valence-corrected chi connectivity index (χ0v) is 12.5. The first kappa shape index (κ1) is 15.4. The quantitative estimate of drug-likeness (QED) is 0.520. The van der Waals surface area contributed by atoms with Crippen molar-refractivity contribution in [1.82, 2.24) is 5.32 Å². The fourth-order valence-corrected chi connectivity index (χ4v) is 2.78. The van der Waals surface area contributed by atoms with Crippen LogP contribution in [0.4, 0.5) is 20.6 Å². The Labute approximate surface area is 132 Å². The van der Waals surface area contributed by atoms with Gasteiger partial charge in [0.05, 0.1) is 24.5 Å². The van der Waals surface area contributed by atoms with Crippen LogP contribution in [0.5, 0.6) is 0 Å². The minimum Gasteiger partial charge on any atom is -0.444 e. The minimum atomic E-state index is -0.558. The van der Waals surface area contributed by atoms with E-state index in [1.807, 2.05) is 4.90 Å². The van der Waals surface area contributed by atoms with Crippen LogP contribution in [0, 0.1) is 5.82 Å². The van der Waals surface area contributed by atoms with E-state index in [-0.39, 0.29) is 18.9 Å². The highest BCUT2D eigenvalue weighted by molar-refractivity contribution is 5.90. The maximum Gasteiger partial charge on any atom is 0.414 e. The molecule has 0 spiro atoms. The predicted molar refractivity (Wildman–Crippen MR) is 83.1 cm³/mol. The average molecular weight is 320 g/mol. The summed E-state index contributed by atoms with van der Waals surface area (Å²) in [6, 6.07) is 4.73. The number of anilines is 2. The van der Waals surface area contributed by atoms with Gasteiger partial charge in [-0.25, -0.2) is 9.18 Å². The van der Waals surface area contributed by atoms with Gasteiger partial charge in [-0.1, -0.05) is 5.11 Å². The van der Waals surface area contributed by atoms with Gasteiger partial charge in [0.2, 0.25) is 0 Å². The lowest BCUT2D eigenvalue weighted by Gasteiger charge is -2.30. The standard InChI is InChI=1S/C14H17FN6O2/c15-12-7-10(1-2-13(12)20-5-3-17-4-6-20)21-9-11(8-18-19-16)23-14(21)22/h1-2,7,11,17H,3-6,8-9H2. The van der Waals surface area contributed by atoms with Gasteiger partial charge in [0.15, 0.2) is 0 Å². The molecule has 3 rings (SSSR count). The Morgan fingerprint density at radius 3 is 2.91 bits per heavy atom. The van der Waals surface area contributed by atoms with Gasteiger partial charge in [-0.3, -0.25) is 4.90 Å². The molecule has 2 saturated heterocycles. The Kier molecular flexibility index (Phi) is 4.50. The molecular weight excluding hydrogens is 303 g/mol. The summed E-state index contributed by atoms with van der Waals surface area (Å²) < 4.78 is 19.5. The highest BCUT2D eigenvalue weighted by atomic mass is 19.1. The van der Waals surface area contributed by atoms with Crippen molar-refractivity contribution in [2.45, 2.75) is 6.10 Å². The third kappa shape index (κ3) is 3.30. The molecule has 122 valence electrons. The van der Waals surface area contributed by atoms with Gasteiger partial charge in [0, 0.05) is 31.1 Å². The molecule has 2 heterocycles. The molecule has 2 aliphatic rings. The molecule has 9 heteroatoms. The number of amides is 1. The molecule has 0 radical (unpaired) electrons. The van der Waals surface area contributed by atoms with Crippen LogP contribution in [0.2, 0.25) is 0 Å². The van der Waals surface area contributed by atoms with E-state index in [4.69, 9.17) is 10.3 Å². The van der Waals surface area contributed by atoms with E-state index >= 15 is 0 Å². The summed E-state index contributed by atoms with van der Waals surface area (Å²) in [5.41, 5.74) is 9.29. The number of hydrogen-bond donors (Lipinski definition) is 1. The third-order valence-corrected chi connectivity index (χ3v) is 3.92. The Morgan fingerprint density at radius 2 is 2.22 bits per heavy atom. The number of nitrogens with one attached hydrogen (secondary N) is 1. The number of nitrogens with zero attached hydrogens (tertiary/aromatic N) is 5. The Bertz CT molecular complexity index is 642. The second-order valence-corrected chi connectivity index (χ2v) is 5.40. The highest BCUT2D eigenvalue weighted by Gasteiger charge is 2.32. The Morgan fingerprint density at radius 1 is 1.43 bits per heavy atom. The number of rotatable bonds is 4. The molecule has 2 fully saturated rings. The van der Waals surface area contributed by atoms with Gasteiger partial charge in [0.1, 0.15) is 11.9 Å². The largest absolute Gasteiger partial charge is 0.444 e. The van der Waals surface area contributed by atoms with Crippen LogP contribution in [-0.4, -0.2) is 51.5 Å². The molecule has 1 atom stereocenters. The number of piperazine rings is 1. The van der Waals surface area contributed by atoms with E-state index in [2.05, 4.69) is 15.3 Å². The first-order valence-corrected chi connectivity index (χ1v) is 7.43. The lowest BCUT2D eigenvalue weighted by Crippen LogP contribution is -2.43. The van der Waals surface area contributed by atoms with E-state index < -0.39 is 12.2 Å². The van der Waals surface area contributed by atoms with Gasteiger partial charge in [-0.05, 0) is 23.7 Å². The molecule has 1 aromatic rings. The maximum atomic E-state index is 14.4. The summed E-state index contributed by atoms with van der Waals surface area (Å²) in [7, 11) is 0. The second kappa shape index (κ2) is 6.72. The monoisotopic (exact) mass is 320 g/mol. The molecule has 23 heavy (non-hydrogen) atoms. The summed E-state index contributed by atoms with van der Waals surface area (Å²) in [6.45, 7) is 3.44. The number of azide groups is 1. The molecule has 1 N–H and O–H groups in total. The van der Waals surface area contributed by atoms with Gasteiger partial charge < -0.3 is 15.0 Å². The van der Waals surface area contributed by atoms with Crippen molar-refractivity contribution in [2.75, 3.05) is 49.1 Å². The summed E-state index contributed by atoms with van der Waals surface area (Å²) >= 11 is 0. The third-order valence-electron chi connectivity index (χ3n) is 3.92. The zero-order chi connectivity index (χ0) is 16.2. The van der Waals surface area contributed by atoms with Crippen molar-refractivity contribution in [1.29, 1.82) is 0 Å². The van der Waals surface area contributed by atoms with Gasteiger partial charge in [0.25, 0.3) is 0 Å². The van der Waals surface area contributed by atoms with E-state index in [0.717, 1.165) is 26.2 Å². The first-order valence-electron chi connectivity index (χ1n) is 7.43. The fourth-order valence-electron chi connectivity index (χ4n) is 2.78. The molecule has 0 aliphatic carbocycles. The van der Waals surface area contributed by atoms with E-state index in [0.29, 0.717) is 11.4 Å². The van der Waals surface area contributed by atoms with Crippen molar-refractivity contribution in [3.63, 3.8) is 0 Å². The molecule has 2 aliphatic heterocycles. The topological polar surface area (TPSA) is 93.6 Å². The average Bonchev–Trinajstić information content (AvgIpc) is 2.94. The van der Waals surface area contributed by atoms with Crippen molar-refractivity contribution < 1.29 is 13.9 Å². The molecule has 1 amide bonds. The first-order chi connectivity index (χ1) is 11.2. The van der Waals surface area contributed by atoms with Crippen molar-refractivity contribution in [3.8, 4) is 0 Å². The number of ether oxygens (including phenoxy) is 1. The van der Waals surface area contributed by atoms with Crippen LogP contribution in [0.1, 0.15) is 0 Å². The molecule has 0 bridgehead atoms. The SMILES string of the molecule is [N-]=[N+]=NCC1CN(c2ccc(N3CCNCC3)c(F)c2)C(=O)O1. The number of hydrogen-bond acceptors (Lipinski definition) is 5. The second-order valence-electron chi connectivity index (χ2n) is 5.40. The lowest BCUT2D eigenvalue weighted by molar-refractivity contribution is 0.145. The van der Waals surface area contributed by atoms with Crippen LogP contribution >= 0.6 is 0 Å². The number of benzene rings is 1. The molecule has 1 unspecified atom stereocenters. The normalized spacial score (nSPS) is 21.1. The summed E-state index contributed by atoms with van der Waals surface area (Å²) in [4.78, 5) is 17.8. The van der Waals surface area contributed by atoms with E-state index in [1.54, 1.807) is 12.1 Å². The number of carbonyl (C=O) groups is 1. The van der Waals surface area contributed by atoms with Crippen LogP contribution in [0.3, 0.4) is 0 Å². The number of cyclic esters (lactones) is 1. The number of halogens is 1. The predicted octanol–water partition coefficient (Wildman–Crippen LogP) is 1.87. The molecule has 1 aromatic carbocycles. The van der Waals surface area contributed by atoms with Crippen molar-refractivity contribution in [2.24, 2.45) is 5.11 Å². The summed E-state index contributed by atoms with van der Waals surface area (Å²) in [6.07, 6.45) is -1.06. The Balaban J connectivity index is 1.74. The maximum absolute atomic E-state index is 14.4. The lowest BCUT2D eigenvalue weighted by atomic mass is 10.2. The van der Waals surface area contributed by atoms with Crippen LogP contribution < -0.4 is 15.1 Å². The molecule has 8 nitrogen and oxygen atoms in total. The van der Waals surface area contributed by atoms with E-state index in [1.165, 1.54) is 11.0 Å². The zero-order valence-electron chi connectivity index (χ0n) is 12.5. The molecular formula is C14H17FN6O2. The number of carbonyl (C=O) groups excluding carboxylic acids is 1. The van der Waals surface area contributed by atoms with Crippen LogP contribution in [0.15, 0.2) is 23.3 Å². The van der Waals surface area contributed by atoms with Gasteiger partial charge in [-0.15, -0.1) is 0 Å². The summed E-state index contributed by atoms with van der Waals surface area (Å²) in [5.74, 6) is -0.365. The van der Waals surface area contributed by atoms with Gasteiger partial charge in [-0.2, -0.15) is 0 Å². The van der Waals surface area contributed by atoms with Crippen LogP contribution in [0.25, 0.3) is 10.4 Å². The van der Waals surface area contributed by atoms with Crippen molar-refractivity contribution in [3.05, 3.63) is 34.5 Å². The minimum absolute atomic E-state index is 0.0695. The van der Waals surface area contributed by atoms with Gasteiger partial charge >= 0.3 is 6.09 Å². The van der Waals surface area contributed by atoms with E-state index in [9.17, 15) is 9.18 Å².